The molecule has 0 saturated heterocycles. The highest BCUT2D eigenvalue weighted by molar-refractivity contribution is 5.69. The number of para-hydroxylation sites is 1. The molecule has 0 N–H and O–H groups in total. The van der Waals surface area contributed by atoms with Crippen molar-refractivity contribution in [2.75, 3.05) is 13.2 Å². The third kappa shape index (κ3) is 11.7. The Labute approximate surface area is 141 Å². The van der Waals surface area contributed by atoms with Gasteiger partial charge >= 0.3 is 5.97 Å². The van der Waals surface area contributed by atoms with Gasteiger partial charge in [-0.25, -0.2) is 0 Å². The molecule has 130 valence electrons. The zero-order valence-corrected chi connectivity index (χ0v) is 14.6. The number of unbranched alkanes of at least 4 members (excludes halogenated alkanes) is 8. The third-order valence-electron chi connectivity index (χ3n) is 3.84. The van der Waals surface area contributed by atoms with Gasteiger partial charge in [0.25, 0.3) is 0 Å². The minimum absolute atomic E-state index is 0.107. The van der Waals surface area contributed by atoms with Crippen LogP contribution in [0.3, 0.4) is 0 Å². The minimum atomic E-state index is -0.107. The van der Waals surface area contributed by atoms with E-state index < -0.39 is 0 Å². The van der Waals surface area contributed by atoms with Gasteiger partial charge in [0.1, 0.15) is 19.0 Å². The highest BCUT2D eigenvalue weighted by atomic mass is 16.6. The van der Waals surface area contributed by atoms with E-state index >= 15 is 0 Å². The molecule has 0 bridgehead atoms. The zero-order chi connectivity index (χ0) is 16.6. The van der Waals surface area contributed by atoms with Crippen LogP contribution in [0.5, 0.6) is 5.75 Å². The fourth-order valence-corrected chi connectivity index (χ4v) is 2.48. The SMILES string of the molecule is CCCCCCCCCCCC(=O)OCCOc1ccccc1. The molecular weight excluding hydrogens is 288 g/mol. The number of rotatable bonds is 14. The van der Waals surface area contributed by atoms with Gasteiger partial charge in [-0.1, -0.05) is 76.5 Å². The Morgan fingerprint density at radius 1 is 0.826 bits per heavy atom. The van der Waals surface area contributed by atoms with Gasteiger partial charge in [0.05, 0.1) is 0 Å². The van der Waals surface area contributed by atoms with Crippen molar-refractivity contribution in [2.45, 2.75) is 71.1 Å². The van der Waals surface area contributed by atoms with Crippen molar-refractivity contribution >= 4 is 5.97 Å². The lowest BCUT2D eigenvalue weighted by molar-refractivity contribution is -0.144. The Bertz CT molecular complexity index is 389. The van der Waals surface area contributed by atoms with Crippen LogP contribution in [0.25, 0.3) is 0 Å². The maximum absolute atomic E-state index is 11.6. The quantitative estimate of drug-likeness (QED) is 0.334. The molecule has 0 unspecified atom stereocenters. The molecule has 0 atom stereocenters. The number of ether oxygens (including phenoxy) is 2. The number of carbonyl (C=O) groups excluding carboxylic acids is 1. The molecule has 0 spiro atoms. The van der Waals surface area contributed by atoms with E-state index in [1.54, 1.807) is 0 Å². The first kappa shape index (κ1) is 19.5. The monoisotopic (exact) mass is 320 g/mol. The van der Waals surface area contributed by atoms with E-state index in [9.17, 15) is 4.79 Å². The van der Waals surface area contributed by atoms with Crippen LogP contribution in [0.1, 0.15) is 71.1 Å². The highest BCUT2D eigenvalue weighted by Crippen LogP contribution is 2.11. The van der Waals surface area contributed by atoms with Gasteiger partial charge in [-0.15, -0.1) is 0 Å². The summed E-state index contributed by atoms with van der Waals surface area (Å²) in [5.41, 5.74) is 0. The largest absolute Gasteiger partial charge is 0.490 e. The fraction of sp³-hybridized carbons (Fsp3) is 0.650. The Morgan fingerprint density at radius 3 is 2.09 bits per heavy atom. The summed E-state index contributed by atoms with van der Waals surface area (Å²) in [4.78, 5) is 11.6. The summed E-state index contributed by atoms with van der Waals surface area (Å²) in [7, 11) is 0. The summed E-state index contributed by atoms with van der Waals surface area (Å²) < 4.78 is 10.6. The molecule has 1 rings (SSSR count). The van der Waals surface area contributed by atoms with Gasteiger partial charge in [-0.2, -0.15) is 0 Å². The number of hydrogen-bond acceptors (Lipinski definition) is 3. The van der Waals surface area contributed by atoms with Crippen molar-refractivity contribution in [3.63, 3.8) is 0 Å². The molecule has 0 saturated carbocycles. The van der Waals surface area contributed by atoms with Crippen LogP contribution in [0.4, 0.5) is 0 Å². The van der Waals surface area contributed by atoms with Crippen molar-refractivity contribution in [1.29, 1.82) is 0 Å². The van der Waals surface area contributed by atoms with Gasteiger partial charge in [-0.05, 0) is 18.6 Å². The Balaban J connectivity index is 1.85. The summed E-state index contributed by atoms with van der Waals surface area (Å²) in [6.07, 6.45) is 11.9. The lowest BCUT2D eigenvalue weighted by Crippen LogP contribution is -2.11. The molecule has 0 fully saturated rings. The predicted molar refractivity (Wildman–Crippen MR) is 94.7 cm³/mol. The van der Waals surface area contributed by atoms with Crippen LogP contribution < -0.4 is 4.74 Å². The number of hydrogen-bond donors (Lipinski definition) is 0. The first-order chi connectivity index (χ1) is 11.3. The van der Waals surface area contributed by atoms with Crippen LogP contribution in [-0.4, -0.2) is 19.2 Å². The third-order valence-corrected chi connectivity index (χ3v) is 3.84. The maximum atomic E-state index is 11.6. The number of esters is 1. The Hall–Kier alpha value is -1.51. The Morgan fingerprint density at radius 2 is 1.43 bits per heavy atom. The van der Waals surface area contributed by atoms with E-state index in [1.165, 1.54) is 44.9 Å². The second kappa shape index (κ2) is 14.1. The average Bonchev–Trinajstić information content (AvgIpc) is 2.58. The van der Waals surface area contributed by atoms with Crippen LogP contribution in [0.15, 0.2) is 30.3 Å². The van der Waals surface area contributed by atoms with Gasteiger partial charge < -0.3 is 9.47 Å². The minimum Gasteiger partial charge on any atom is -0.490 e. The molecule has 0 aliphatic rings. The lowest BCUT2D eigenvalue weighted by Gasteiger charge is -2.07. The van der Waals surface area contributed by atoms with Crippen molar-refractivity contribution in [3.8, 4) is 5.75 Å². The van der Waals surface area contributed by atoms with E-state index in [0.29, 0.717) is 19.6 Å². The summed E-state index contributed by atoms with van der Waals surface area (Å²) in [5.74, 6) is 0.701. The maximum Gasteiger partial charge on any atom is 0.305 e. The molecular formula is C20H32O3. The number of carbonyl (C=O) groups is 1. The first-order valence-corrected chi connectivity index (χ1v) is 9.16. The smallest absolute Gasteiger partial charge is 0.305 e. The summed E-state index contributed by atoms with van der Waals surface area (Å²) in [6.45, 7) is 2.98. The number of benzene rings is 1. The summed E-state index contributed by atoms with van der Waals surface area (Å²) in [6, 6.07) is 9.57. The summed E-state index contributed by atoms with van der Waals surface area (Å²) >= 11 is 0. The second-order valence-corrected chi connectivity index (χ2v) is 5.96. The van der Waals surface area contributed by atoms with Crippen molar-refractivity contribution < 1.29 is 14.3 Å². The van der Waals surface area contributed by atoms with E-state index in [0.717, 1.165) is 18.6 Å². The second-order valence-electron chi connectivity index (χ2n) is 5.96. The molecule has 0 aliphatic heterocycles. The van der Waals surface area contributed by atoms with Gasteiger partial charge in [-0.3, -0.25) is 4.79 Å². The molecule has 0 aromatic heterocycles. The lowest BCUT2D eigenvalue weighted by atomic mass is 10.1. The van der Waals surface area contributed by atoms with Crippen molar-refractivity contribution in [1.82, 2.24) is 0 Å². The first-order valence-electron chi connectivity index (χ1n) is 9.16. The van der Waals surface area contributed by atoms with E-state index in [4.69, 9.17) is 9.47 Å². The zero-order valence-electron chi connectivity index (χ0n) is 14.6. The molecule has 3 nitrogen and oxygen atoms in total. The van der Waals surface area contributed by atoms with Gasteiger partial charge in [0.2, 0.25) is 0 Å². The van der Waals surface area contributed by atoms with Crippen LogP contribution in [-0.2, 0) is 9.53 Å². The molecule has 0 heterocycles. The standard InChI is InChI=1S/C20H32O3/c1-2-3-4-5-6-7-8-9-13-16-20(21)23-18-17-22-19-14-11-10-12-15-19/h10-12,14-15H,2-9,13,16-18H2,1H3. The van der Waals surface area contributed by atoms with Crippen molar-refractivity contribution in [3.05, 3.63) is 30.3 Å². The van der Waals surface area contributed by atoms with Crippen LogP contribution in [0, 0.1) is 0 Å². The molecule has 1 aromatic rings. The van der Waals surface area contributed by atoms with Crippen LogP contribution in [0.2, 0.25) is 0 Å². The van der Waals surface area contributed by atoms with E-state index in [-0.39, 0.29) is 5.97 Å². The molecule has 23 heavy (non-hydrogen) atoms. The van der Waals surface area contributed by atoms with Crippen molar-refractivity contribution in [2.24, 2.45) is 0 Å². The molecule has 3 heteroatoms. The van der Waals surface area contributed by atoms with Gasteiger partial charge in [0, 0.05) is 6.42 Å². The van der Waals surface area contributed by atoms with Gasteiger partial charge in [0.15, 0.2) is 0 Å². The predicted octanol–water partition coefficient (Wildman–Crippen LogP) is 5.53. The molecule has 0 amide bonds. The normalized spacial score (nSPS) is 10.5. The molecule has 0 aliphatic carbocycles. The molecule has 1 aromatic carbocycles. The van der Waals surface area contributed by atoms with Crippen LogP contribution >= 0.6 is 0 Å². The van der Waals surface area contributed by atoms with E-state index in [1.807, 2.05) is 30.3 Å². The Kier molecular flexibility index (Phi) is 12.0. The highest BCUT2D eigenvalue weighted by Gasteiger charge is 2.02. The average molecular weight is 320 g/mol. The van der Waals surface area contributed by atoms with E-state index in [2.05, 4.69) is 6.92 Å². The topological polar surface area (TPSA) is 35.5 Å². The fourth-order valence-electron chi connectivity index (χ4n) is 2.48. The summed E-state index contributed by atoms with van der Waals surface area (Å²) in [5, 5.41) is 0. The molecule has 0 radical (unpaired) electrons.